The van der Waals surface area contributed by atoms with Crippen LogP contribution in [0.1, 0.15) is 124 Å². The summed E-state index contributed by atoms with van der Waals surface area (Å²) in [6, 6.07) is 27.0. The Bertz CT molecular complexity index is 2770. The number of fused-ring (bicyclic) bond motifs is 1. The van der Waals surface area contributed by atoms with Gasteiger partial charge in [0.05, 0.1) is 53.3 Å². The van der Waals surface area contributed by atoms with Crippen LogP contribution in [0.2, 0.25) is 0 Å². The number of benzene rings is 3. The van der Waals surface area contributed by atoms with Gasteiger partial charge in [0.15, 0.2) is 12.6 Å². The van der Waals surface area contributed by atoms with Crippen LogP contribution < -0.4 is 16.5 Å². The Morgan fingerprint density at radius 3 is 2.04 bits per heavy atom. The van der Waals surface area contributed by atoms with Crippen molar-refractivity contribution in [3.8, 4) is 0 Å². The second-order valence-electron chi connectivity index (χ2n) is 27.5. The molecule has 0 radical (unpaired) electrons. The van der Waals surface area contributed by atoms with Crippen LogP contribution in [0.4, 0.5) is 10.1 Å². The number of piperidine rings is 1. The summed E-state index contributed by atoms with van der Waals surface area (Å²) in [5.74, 6) is 4.61. The van der Waals surface area contributed by atoms with Crippen molar-refractivity contribution < 1.29 is 67.9 Å². The van der Waals surface area contributed by atoms with E-state index >= 15 is 4.39 Å². The standard InChI is InChI=1S/C69H106FN7O13/c1-15-55-69(10,83)62(79)44(6)75(12)36-40(2)33-67(8,82)64(42(4)60(43(5)65(81)88-55)89-56-34-68(9,85-14)63(80)45(7)87-56)90-66-59(78)53(32-41(3)86-66)74(11)31-30-49(71)37-77(72)54(35-70)61(84-13)48-26-28-50(29-27-48)76-38-51-52(39-76)58(51)73-57(46-22-18-16-19-23-46)47-24-20-17-21-25-47/h16-29,37,40-45,51-56,58-64,66,78-80,82-83H,15,30-36,38-39,71-72H2,1-14H3/b49-37-/t40-,41-,42+,43-,44-,45+,51-,52+,53+,54-,55-,56+,58?,59-,60+,61-,62-,63+,64-,66+,67-,68-,69-/m1/s1. The minimum atomic E-state index is -1.86. The molecule has 21 heteroatoms. The van der Waals surface area contributed by atoms with Gasteiger partial charge in [0, 0.05) is 112 Å². The zero-order chi connectivity index (χ0) is 65.7. The maximum Gasteiger partial charge on any atom is 0.311 e. The van der Waals surface area contributed by atoms with Crippen LogP contribution >= 0.6 is 0 Å². The molecule has 8 rings (SSSR count). The zero-order valence-corrected chi connectivity index (χ0v) is 55.5. The number of ether oxygens (including phenoxy) is 7. The molecule has 1 saturated carbocycles. The number of alkyl halides is 1. The van der Waals surface area contributed by atoms with Crippen molar-refractivity contribution in [2.24, 2.45) is 46.2 Å². The summed E-state index contributed by atoms with van der Waals surface area (Å²) in [5.41, 5.74) is 7.50. The summed E-state index contributed by atoms with van der Waals surface area (Å²) in [5, 5.41) is 61.5. The van der Waals surface area contributed by atoms with Gasteiger partial charge >= 0.3 is 5.97 Å². The number of nitrogens with two attached hydrogens (primary N) is 2. The van der Waals surface area contributed by atoms with Crippen molar-refractivity contribution in [1.82, 2.24) is 14.8 Å². The molecule has 5 aliphatic rings. The number of anilines is 1. The number of halogens is 1. The van der Waals surface area contributed by atoms with E-state index in [2.05, 4.69) is 65.6 Å². The van der Waals surface area contributed by atoms with Gasteiger partial charge < -0.3 is 84.1 Å². The Morgan fingerprint density at radius 1 is 0.867 bits per heavy atom. The lowest BCUT2D eigenvalue weighted by Crippen LogP contribution is -2.61. The minimum absolute atomic E-state index is 0.0744. The number of hydrogen-bond acceptors (Lipinski definition) is 20. The van der Waals surface area contributed by atoms with E-state index < -0.39 is 127 Å². The van der Waals surface area contributed by atoms with Gasteiger partial charge in [-0.25, -0.2) is 10.2 Å². The van der Waals surface area contributed by atoms with Crippen molar-refractivity contribution in [3.05, 3.63) is 114 Å². The Balaban J connectivity index is 0.947. The molecule has 4 saturated heterocycles. The maximum atomic E-state index is 15.2. The molecule has 0 bridgehead atoms. The average molecular weight is 1260 g/mol. The Kier molecular flexibility index (Phi) is 23.8. The largest absolute Gasteiger partial charge is 0.459 e. The second kappa shape index (κ2) is 30.2. The number of carbonyl (C=O) groups is 1. The Labute approximate surface area is 533 Å². The Morgan fingerprint density at radius 2 is 1.48 bits per heavy atom. The summed E-state index contributed by atoms with van der Waals surface area (Å²) in [6.45, 7) is 19.1. The first kappa shape index (κ1) is 71.2. The molecule has 90 heavy (non-hydrogen) atoms. The zero-order valence-electron chi connectivity index (χ0n) is 55.5. The molecule has 5 fully saturated rings. The van der Waals surface area contributed by atoms with E-state index in [1.165, 1.54) is 32.4 Å². The number of cyclic esters (lactones) is 1. The lowest BCUT2D eigenvalue weighted by atomic mass is 9.77. The molecule has 9 N–H and O–H groups in total. The molecule has 0 amide bonds. The number of carbonyl (C=O) groups excluding carboxylic acids is 1. The van der Waals surface area contributed by atoms with Crippen LogP contribution in [0.15, 0.2) is 102 Å². The van der Waals surface area contributed by atoms with E-state index in [1.807, 2.05) is 62.0 Å². The number of aliphatic hydroxyl groups excluding tert-OH is 3. The average Bonchev–Trinajstić information content (AvgIpc) is 1.56. The van der Waals surface area contributed by atoms with E-state index in [9.17, 15) is 30.3 Å². The highest BCUT2D eigenvalue weighted by Crippen LogP contribution is 2.50. The molecule has 3 aromatic carbocycles. The van der Waals surface area contributed by atoms with Crippen LogP contribution in [-0.2, 0) is 38.0 Å². The number of aliphatic imine (C=N–C) groups is 1. The van der Waals surface area contributed by atoms with Crippen molar-refractivity contribution >= 4 is 17.4 Å². The highest BCUT2D eigenvalue weighted by molar-refractivity contribution is 6.13. The number of rotatable bonds is 20. The van der Waals surface area contributed by atoms with Crippen molar-refractivity contribution in [2.75, 3.05) is 66.1 Å². The predicted molar refractivity (Wildman–Crippen MR) is 343 cm³/mol. The van der Waals surface area contributed by atoms with Crippen LogP contribution in [0, 0.1) is 29.6 Å². The topological polar surface area (TPSA) is 260 Å². The number of hydrazine groups is 1. The molecule has 0 aromatic heterocycles. The van der Waals surface area contributed by atoms with Crippen molar-refractivity contribution in [2.45, 2.75) is 210 Å². The number of likely N-dealkylation sites (N-methyl/N-ethyl adjacent to an activating group) is 2. The molecule has 4 heterocycles. The first-order chi connectivity index (χ1) is 42.6. The number of hydrogen-bond donors (Lipinski definition) is 7. The molecule has 502 valence electrons. The highest BCUT2D eigenvalue weighted by atomic mass is 19.1. The predicted octanol–water partition coefficient (Wildman–Crippen LogP) is 6.33. The third kappa shape index (κ3) is 16.1. The Hall–Kier alpha value is -4.69. The van der Waals surface area contributed by atoms with E-state index in [1.54, 1.807) is 48.5 Å². The van der Waals surface area contributed by atoms with Crippen LogP contribution in [0.25, 0.3) is 0 Å². The van der Waals surface area contributed by atoms with Gasteiger partial charge in [-0.15, -0.1) is 0 Å². The van der Waals surface area contributed by atoms with Crippen LogP contribution in [-0.4, -0.2) is 216 Å². The van der Waals surface area contributed by atoms with Gasteiger partial charge in [0.1, 0.15) is 48.8 Å². The maximum absolute atomic E-state index is 15.2. The molecule has 0 spiro atoms. The lowest BCUT2D eigenvalue weighted by Gasteiger charge is -2.49. The smallest absolute Gasteiger partial charge is 0.311 e. The van der Waals surface area contributed by atoms with Crippen LogP contribution in [0.3, 0.4) is 0 Å². The van der Waals surface area contributed by atoms with Gasteiger partial charge in [0.2, 0.25) is 0 Å². The van der Waals surface area contributed by atoms with Crippen molar-refractivity contribution in [1.29, 1.82) is 0 Å². The summed E-state index contributed by atoms with van der Waals surface area (Å²) in [6.07, 6.45) is -8.62. The number of methoxy groups -OCH3 is 2. The summed E-state index contributed by atoms with van der Waals surface area (Å²) in [4.78, 5) is 26.2. The summed E-state index contributed by atoms with van der Waals surface area (Å²) in [7, 11) is 6.72. The monoisotopic (exact) mass is 1260 g/mol. The third-order valence-corrected chi connectivity index (χ3v) is 20.4. The quantitative estimate of drug-likeness (QED) is 0.0282. The van der Waals surface area contributed by atoms with Gasteiger partial charge in [-0.1, -0.05) is 93.6 Å². The fourth-order valence-electron chi connectivity index (χ4n) is 14.7. The van der Waals surface area contributed by atoms with Gasteiger partial charge in [-0.2, -0.15) is 0 Å². The number of nitrogens with zero attached hydrogens (tertiary/aromatic N) is 5. The fraction of sp³-hybridized carbons (Fsp3) is 0.681. The molecule has 20 nitrogen and oxygen atoms in total. The minimum Gasteiger partial charge on any atom is -0.459 e. The molecule has 1 aliphatic carbocycles. The number of esters is 1. The second-order valence-corrected chi connectivity index (χ2v) is 27.5. The van der Waals surface area contributed by atoms with E-state index in [4.69, 9.17) is 49.7 Å². The number of aliphatic hydroxyl groups is 5. The van der Waals surface area contributed by atoms with E-state index in [0.29, 0.717) is 43.5 Å². The van der Waals surface area contributed by atoms with E-state index in [-0.39, 0.29) is 31.2 Å². The normalized spacial score (nSPS) is 38.1. The first-order valence-corrected chi connectivity index (χ1v) is 32.5. The molecule has 1 unspecified atom stereocenters. The highest BCUT2D eigenvalue weighted by Gasteiger charge is 2.57. The van der Waals surface area contributed by atoms with Crippen molar-refractivity contribution in [3.63, 3.8) is 0 Å². The summed E-state index contributed by atoms with van der Waals surface area (Å²) < 4.78 is 59.6. The first-order valence-electron chi connectivity index (χ1n) is 32.5. The van der Waals surface area contributed by atoms with Crippen LogP contribution in [0.5, 0.6) is 0 Å². The lowest BCUT2D eigenvalue weighted by molar-refractivity contribution is -0.318. The fourth-order valence-corrected chi connectivity index (χ4v) is 14.7. The van der Waals surface area contributed by atoms with Gasteiger partial charge in [-0.3, -0.25) is 9.79 Å². The molecule has 3 aromatic rings. The van der Waals surface area contributed by atoms with E-state index in [0.717, 1.165) is 41.2 Å². The SMILES string of the molecule is CC[C@H]1OC(=O)[C@H](C)[C@@H](O[C@H]2C[C@@](C)(OC)[C@@H](O)[C@H](C)O2)[C@H](C)[C@@H](O[C@@H]2O[C@H](C)C[C@H](N(C)CC/C(N)=C/N(N)[C@H](CF)[C@H](OC)c3ccc(N4C[C@@H]5C(N=C(c6ccccc6)c6ccccc6)[C@@H]5C4)cc3)[C@H]2O)[C@](C)(O)C[C@@H](C)CN(C)[C@H](C)[C@@H](O)[C@]1(C)O. The molecule has 4 aliphatic heterocycles. The molecular weight excluding hydrogens is 1150 g/mol. The van der Waals surface area contributed by atoms with Gasteiger partial charge in [-0.05, 0) is 105 Å². The summed E-state index contributed by atoms with van der Waals surface area (Å²) >= 11 is 0. The van der Waals surface area contributed by atoms with Gasteiger partial charge in [0.25, 0.3) is 0 Å². The molecular formula is C69H106FN7O13. The molecule has 23 atom stereocenters. The third-order valence-electron chi connectivity index (χ3n) is 20.4.